The van der Waals surface area contributed by atoms with Gasteiger partial charge in [0.05, 0.1) is 0 Å². The van der Waals surface area contributed by atoms with Crippen LogP contribution in [0.4, 0.5) is 5.69 Å². The third kappa shape index (κ3) is 1.17. The number of fused-ring (bicyclic) bond motifs is 1. The van der Waals surface area contributed by atoms with E-state index in [1.165, 1.54) is 8.83 Å². The molecule has 0 fully saturated rings. The quantitative estimate of drug-likeness (QED) is 0.525. The fourth-order valence-electron chi connectivity index (χ4n) is 1.06. The Kier molecular flexibility index (Phi) is 1.48. The van der Waals surface area contributed by atoms with E-state index in [0.29, 0.717) is 14.5 Å². The Morgan fingerprint density at radius 1 is 1.45 bits per heavy atom. The van der Waals surface area contributed by atoms with Gasteiger partial charge in [0.25, 0.3) is 0 Å². The van der Waals surface area contributed by atoms with Crippen LogP contribution in [0.5, 0.6) is 0 Å². The Labute approximate surface area is 70.8 Å². The molecule has 0 aliphatic rings. The van der Waals surface area contributed by atoms with Gasteiger partial charge in [-0.05, 0) is 0 Å². The zero-order chi connectivity index (χ0) is 7.84. The molecule has 0 radical (unpaired) electrons. The van der Waals surface area contributed by atoms with Gasteiger partial charge >= 0.3 is 70.4 Å². The van der Waals surface area contributed by atoms with E-state index in [1.807, 2.05) is 18.2 Å². The molecule has 56 valence electrons. The zero-order valence-electron chi connectivity index (χ0n) is 6.16. The van der Waals surface area contributed by atoms with Crippen molar-refractivity contribution in [2.24, 2.45) is 0 Å². The Morgan fingerprint density at radius 2 is 2.27 bits per heavy atom. The second-order valence-electron chi connectivity index (χ2n) is 2.46. The summed E-state index contributed by atoms with van der Waals surface area (Å²) in [6.45, 7) is 2.07. The number of nitrogens with two attached hydrogens (primary N) is 1. The molecule has 3 heteroatoms. The van der Waals surface area contributed by atoms with Crippen molar-refractivity contribution in [2.75, 3.05) is 5.73 Å². The first kappa shape index (κ1) is 6.89. The van der Waals surface area contributed by atoms with E-state index < -0.39 is 0 Å². The minimum absolute atomic E-state index is 0.421. The number of anilines is 1. The predicted molar refractivity (Wildman–Crippen MR) is 47.8 cm³/mol. The molecular formula is C8H8N2Se. The molecule has 0 saturated carbocycles. The summed E-state index contributed by atoms with van der Waals surface area (Å²) < 4.78 is 2.55. The van der Waals surface area contributed by atoms with E-state index in [0.717, 1.165) is 11.2 Å². The van der Waals surface area contributed by atoms with Crippen LogP contribution in [0.3, 0.4) is 0 Å². The zero-order valence-corrected chi connectivity index (χ0v) is 7.88. The van der Waals surface area contributed by atoms with Gasteiger partial charge in [-0.1, -0.05) is 0 Å². The standard InChI is InChI=1S/C8H8N2Se/c1-5-10-7-3-2-6(9)4-8(7)11-5/h2-4H,9H2,1H3. The van der Waals surface area contributed by atoms with Gasteiger partial charge in [0.2, 0.25) is 0 Å². The van der Waals surface area contributed by atoms with E-state index in [9.17, 15) is 0 Å². The number of nitrogens with zero attached hydrogens (tertiary/aromatic N) is 1. The number of hydrogen-bond donors (Lipinski definition) is 1. The molecule has 0 aliphatic heterocycles. The summed E-state index contributed by atoms with van der Waals surface area (Å²) in [5, 5.41) is 0. The molecular weight excluding hydrogens is 203 g/mol. The molecule has 11 heavy (non-hydrogen) atoms. The van der Waals surface area contributed by atoms with Gasteiger partial charge in [0, 0.05) is 0 Å². The molecule has 2 rings (SSSR count). The number of hydrogen-bond acceptors (Lipinski definition) is 2. The maximum atomic E-state index is 5.64. The molecule has 2 aromatic rings. The van der Waals surface area contributed by atoms with Gasteiger partial charge in [-0.3, -0.25) is 0 Å². The Hall–Kier alpha value is -0.791. The van der Waals surface area contributed by atoms with Crippen LogP contribution in [0.2, 0.25) is 0 Å². The Bertz CT molecular complexity index is 392. The van der Waals surface area contributed by atoms with Crippen LogP contribution >= 0.6 is 0 Å². The van der Waals surface area contributed by atoms with Gasteiger partial charge in [-0.15, -0.1) is 0 Å². The van der Waals surface area contributed by atoms with Crippen LogP contribution in [0.1, 0.15) is 4.57 Å². The topological polar surface area (TPSA) is 38.9 Å². The molecule has 2 nitrogen and oxygen atoms in total. The predicted octanol–water partition coefficient (Wildman–Crippen LogP) is 1.18. The monoisotopic (exact) mass is 212 g/mol. The molecule has 0 saturated heterocycles. The SMILES string of the molecule is Cc1nc2ccc(N)cc2[se]1. The second-order valence-corrected chi connectivity index (χ2v) is 5.05. The summed E-state index contributed by atoms with van der Waals surface area (Å²) in [4.78, 5) is 4.38. The first-order valence-electron chi connectivity index (χ1n) is 3.38. The first-order chi connectivity index (χ1) is 5.25. The van der Waals surface area contributed by atoms with Crippen LogP contribution in [0.25, 0.3) is 9.78 Å². The second kappa shape index (κ2) is 2.36. The van der Waals surface area contributed by atoms with Crippen LogP contribution in [-0.2, 0) is 0 Å². The van der Waals surface area contributed by atoms with Crippen LogP contribution in [-0.4, -0.2) is 19.5 Å². The van der Waals surface area contributed by atoms with Gasteiger partial charge in [0.15, 0.2) is 0 Å². The van der Waals surface area contributed by atoms with E-state index in [2.05, 4.69) is 11.9 Å². The summed E-state index contributed by atoms with van der Waals surface area (Å²) in [5.74, 6) is 0. The Balaban J connectivity index is 2.82. The number of aromatic nitrogens is 1. The van der Waals surface area contributed by atoms with Crippen molar-refractivity contribution >= 4 is 30.0 Å². The molecule has 0 bridgehead atoms. The molecule has 0 unspecified atom stereocenters. The number of nitrogen functional groups attached to an aromatic ring is 1. The van der Waals surface area contributed by atoms with Gasteiger partial charge in [0.1, 0.15) is 0 Å². The summed E-state index contributed by atoms with van der Waals surface area (Å²) in [5.41, 5.74) is 7.59. The summed E-state index contributed by atoms with van der Waals surface area (Å²) in [7, 11) is 0. The van der Waals surface area contributed by atoms with Gasteiger partial charge in [-0.2, -0.15) is 0 Å². The number of rotatable bonds is 0. The molecule has 0 amide bonds. The molecule has 0 atom stereocenters. The molecule has 1 aromatic heterocycles. The minimum atomic E-state index is 0.421. The molecule has 1 aromatic carbocycles. The van der Waals surface area contributed by atoms with E-state index in [-0.39, 0.29) is 0 Å². The molecule has 1 heterocycles. The number of aryl methyl sites for hydroxylation is 1. The van der Waals surface area contributed by atoms with E-state index >= 15 is 0 Å². The first-order valence-corrected chi connectivity index (χ1v) is 5.10. The van der Waals surface area contributed by atoms with Crippen LogP contribution in [0, 0.1) is 6.92 Å². The van der Waals surface area contributed by atoms with E-state index in [1.54, 1.807) is 0 Å². The number of benzene rings is 1. The molecule has 0 spiro atoms. The van der Waals surface area contributed by atoms with Gasteiger partial charge < -0.3 is 0 Å². The summed E-state index contributed by atoms with van der Waals surface area (Å²) in [6, 6.07) is 5.91. The van der Waals surface area contributed by atoms with Crippen molar-refractivity contribution in [1.29, 1.82) is 0 Å². The van der Waals surface area contributed by atoms with Crippen molar-refractivity contribution in [3.05, 3.63) is 22.8 Å². The molecule has 0 aliphatic carbocycles. The van der Waals surface area contributed by atoms with Gasteiger partial charge in [-0.25, -0.2) is 0 Å². The normalized spacial score (nSPS) is 10.6. The summed E-state index contributed by atoms with van der Waals surface area (Å²) >= 11 is 0.421. The third-order valence-corrected chi connectivity index (χ3v) is 3.48. The van der Waals surface area contributed by atoms with Crippen molar-refractivity contribution in [1.82, 2.24) is 4.98 Å². The fraction of sp³-hybridized carbons (Fsp3) is 0.125. The van der Waals surface area contributed by atoms with Crippen molar-refractivity contribution in [2.45, 2.75) is 6.92 Å². The maximum absolute atomic E-state index is 5.64. The fourth-order valence-corrected chi connectivity index (χ4v) is 2.89. The van der Waals surface area contributed by atoms with E-state index in [4.69, 9.17) is 5.73 Å². The average Bonchev–Trinajstić information content (AvgIpc) is 2.27. The average molecular weight is 211 g/mol. The van der Waals surface area contributed by atoms with Crippen molar-refractivity contribution in [3.63, 3.8) is 0 Å². The Morgan fingerprint density at radius 3 is 3.09 bits per heavy atom. The summed E-state index contributed by atoms with van der Waals surface area (Å²) in [6.07, 6.45) is 0. The van der Waals surface area contributed by atoms with Crippen LogP contribution < -0.4 is 5.73 Å². The van der Waals surface area contributed by atoms with Crippen LogP contribution in [0.15, 0.2) is 18.2 Å². The third-order valence-electron chi connectivity index (χ3n) is 1.52. The molecule has 2 N–H and O–H groups in total. The van der Waals surface area contributed by atoms with Crippen molar-refractivity contribution in [3.8, 4) is 0 Å². The van der Waals surface area contributed by atoms with Crippen molar-refractivity contribution < 1.29 is 0 Å².